The molecule has 4 heteroatoms. The van der Waals surface area contributed by atoms with Gasteiger partial charge in [-0.3, -0.25) is 0 Å². The molecule has 0 bridgehead atoms. The third kappa shape index (κ3) is 2.74. The smallest absolute Gasteiger partial charge is 0.336 e. The first-order valence-corrected chi connectivity index (χ1v) is 5.40. The Morgan fingerprint density at radius 1 is 1.62 bits per heavy atom. The second-order valence-electron chi connectivity index (χ2n) is 2.75. The highest BCUT2D eigenvalue weighted by atomic mass is 79.9. The number of carboxylic acids is 1. The van der Waals surface area contributed by atoms with Gasteiger partial charge in [0.15, 0.2) is 0 Å². The van der Waals surface area contributed by atoms with Crippen molar-refractivity contribution in [2.75, 3.05) is 5.33 Å². The Balaban J connectivity index is 2.80. The van der Waals surface area contributed by atoms with Gasteiger partial charge in [0.2, 0.25) is 0 Å². The van der Waals surface area contributed by atoms with Gasteiger partial charge in [-0.2, -0.15) is 0 Å². The maximum atomic E-state index is 10.6. The molecule has 0 spiro atoms. The number of hydrogen-bond donors (Lipinski definition) is 1. The van der Waals surface area contributed by atoms with E-state index in [2.05, 4.69) is 15.9 Å². The van der Waals surface area contributed by atoms with Crippen molar-refractivity contribution in [2.24, 2.45) is 0 Å². The van der Waals surface area contributed by atoms with Crippen LogP contribution in [0.3, 0.4) is 0 Å². The molecule has 1 N–H and O–H groups in total. The van der Waals surface area contributed by atoms with E-state index in [0.29, 0.717) is 11.3 Å². The number of aliphatic carboxylic acids is 1. The summed E-state index contributed by atoms with van der Waals surface area (Å²) in [4.78, 5) is 11.2. The van der Waals surface area contributed by atoms with Gasteiger partial charge < -0.3 is 5.11 Å². The van der Waals surface area contributed by atoms with Crippen LogP contribution in [0, 0.1) is 0 Å². The Hall–Kier alpha value is -0.480. The van der Waals surface area contributed by atoms with Crippen molar-refractivity contribution in [1.82, 2.24) is 0 Å². The first-order chi connectivity index (χ1) is 6.15. The van der Waals surface area contributed by atoms with Crippen LogP contribution in [0.2, 0.25) is 0 Å². The van der Waals surface area contributed by atoms with Gasteiger partial charge in [0, 0.05) is 16.6 Å². The predicted molar refractivity (Wildman–Crippen MR) is 59.4 cm³/mol. The van der Waals surface area contributed by atoms with Crippen LogP contribution in [-0.2, 0) is 4.79 Å². The zero-order chi connectivity index (χ0) is 9.84. The summed E-state index contributed by atoms with van der Waals surface area (Å²) in [6.07, 6.45) is 4.97. The van der Waals surface area contributed by atoms with Crippen LogP contribution in [0.4, 0.5) is 0 Å². The van der Waals surface area contributed by atoms with Gasteiger partial charge in [-0.05, 0) is 12.5 Å². The number of thiocarbonyl (C=S) groups is 1. The molecule has 0 aromatic heterocycles. The molecule has 1 rings (SSSR count). The Morgan fingerprint density at radius 3 is 2.77 bits per heavy atom. The Kier molecular flexibility index (Phi) is 3.81. The van der Waals surface area contributed by atoms with E-state index in [9.17, 15) is 4.79 Å². The number of allylic oxidation sites excluding steroid dienone is 3. The van der Waals surface area contributed by atoms with Gasteiger partial charge in [0.1, 0.15) is 0 Å². The van der Waals surface area contributed by atoms with Crippen molar-refractivity contribution in [3.05, 3.63) is 23.3 Å². The highest BCUT2D eigenvalue weighted by molar-refractivity contribution is 9.09. The molecule has 0 atom stereocenters. The van der Waals surface area contributed by atoms with Gasteiger partial charge in [0.05, 0.1) is 5.57 Å². The molecule has 0 aromatic rings. The molecule has 0 saturated heterocycles. The zero-order valence-corrected chi connectivity index (χ0v) is 9.32. The van der Waals surface area contributed by atoms with Gasteiger partial charge in [-0.15, -0.1) is 0 Å². The fourth-order valence-corrected chi connectivity index (χ4v) is 1.99. The van der Waals surface area contributed by atoms with Crippen molar-refractivity contribution >= 4 is 39.0 Å². The van der Waals surface area contributed by atoms with Crippen molar-refractivity contribution in [2.45, 2.75) is 12.8 Å². The molecule has 0 saturated carbocycles. The molecule has 0 unspecified atom stereocenters. The minimum atomic E-state index is -0.931. The molecule has 0 aromatic carbocycles. The van der Waals surface area contributed by atoms with E-state index in [1.807, 2.05) is 6.08 Å². The summed E-state index contributed by atoms with van der Waals surface area (Å²) >= 11 is 8.32. The molecule has 13 heavy (non-hydrogen) atoms. The van der Waals surface area contributed by atoms with Gasteiger partial charge >= 0.3 is 5.97 Å². The summed E-state index contributed by atoms with van der Waals surface area (Å²) in [6, 6.07) is 0. The van der Waals surface area contributed by atoms with E-state index in [1.54, 1.807) is 6.08 Å². The monoisotopic (exact) mass is 260 g/mol. The average molecular weight is 261 g/mol. The lowest BCUT2D eigenvalue weighted by Crippen LogP contribution is -2.13. The molecule has 1 aliphatic carbocycles. The molecule has 0 aliphatic heterocycles. The van der Waals surface area contributed by atoms with Crippen LogP contribution in [0.15, 0.2) is 23.3 Å². The second kappa shape index (κ2) is 4.67. The maximum absolute atomic E-state index is 10.6. The van der Waals surface area contributed by atoms with Crippen molar-refractivity contribution < 1.29 is 9.90 Å². The standard InChI is InChI=1S/C9H9BrO2S/c10-4-3-6-1-2-7(9(11)12)8(13)5-6/h1-2H,3-5H2,(H,11,12). The quantitative estimate of drug-likeness (QED) is 0.626. The molecule has 2 nitrogen and oxygen atoms in total. The molecule has 70 valence electrons. The number of carbonyl (C=O) groups is 1. The van der Waals surface area contributed by atoms with E-state index in [0.717, 1.165) is 11.8 Å². The summed E-state index contributed by atoms with van der Waals surface area (Å²) in [5, 5.41) is 9.62. The lowest BCUT2D eigenvalue weighted by atomic mass is 9.97. The number of alkyl halides is 1. The van der Waals surface area contributed by atoms with Crippen molar-refractivity contribution in [3.8, 4) is 0 Å². The van der Waals surface area contributed by atoms with E-state index in [-0.39, 0.29) is 5.57 Å². The van der Waals surface area contributed by atoms with Crippen molar-refractivity contribution in [1.29, 1.82) is 0 Å². The number of halogens is 1. The minimum absolute atomic E-state index is 0.258. The van der Waals surface area contributed by atoms with Gasteiger partial charge in [-0.1, -0.05) is 39.8 Å². The number of carboxylic acid groups (broad SMARTS) is 1. The lowest BCUT2D eigenvalue weighted by molar-refractivity contribution is -0.132. The molecule has 0 amide bonds. The van der Waals surface area contributed by atoms with E-state index in [4.69, 9.17) is 17.3 Å². The Morgan fingerprint density at radius 2 is 2.31 bits per heavy atom. The normalized spacial score (nSPS) is 16.5. The van der Waals surface area contributed by atoms with E-state index >= 15 is 0 Å². The summed E-state index contributed by atoms with van der Waals surface area (Å²) in [6.45, 7) is 0. The SMILES string of the molecule is O=C(O)C1=CC=C(CCBr)CC1=S. The van der Waals surface area contributed by atoms with Crippen LogP contribution in [0.25, 0.3) is 0 Å². The van der Waals surface area contributed by atoms with Crippen LogP contribution >= 0.6 is 28.1 Å². The molecule has 0 radical (unpaired) electrons. The first-order valence-electron chi connectivity index (χ1n) is 3.87. The molecular formula is C9H9BrO2S. The zero-order valence-electron chi connectivity index (χ0n) is 6.92. The van der Waals surface area contributed by atoms with Gasteiger partial charge in [-0.25, -0.2) is 4.79 Å². The van der Waals surface area contributed by atoms with Crippen LogP contribution in [0.5, 0.6) is 0 Å². The fraction of sp³-hybridized carbons (Fsp3) is 0.333. The predicted octanol–water partition coefficient (Wildman–Crippen LogP) is 2.48. The topological polar surface area (TPSA) is 37.3 Å². The Bertz CT molecular complexity index is 305. The Labute approximate surface area is 90.5 Å². The summed E-state index contributed by atoms with van der Waals surface area (Å²) < 4.78 is 0. The fourth-order valence-electron chi connectivity index (χ4n) is 1.14. The van der Waals surface area contributed by atoms with E-state index in [1.165, 1.54) is 5.57 Å². The summed E-state index contributed by atoms with van der Waals surface area (Å²) in [5.74, 6) is -0.931. The summed E-state index contributed by atoms with van der Waals surface area (Å²) in [7, 11) is 0. The minimum Gasteiger partial charge on any atom is -0.478 e. The molecule has 0 heterocycles. The second-order valence-corrected chi connectivity index (χ2v) is 4.04. The maximum Gasteiger partial charge on any atom is 0.336 e. The van der Waals surface area contributed by atoms with Crippen LogP contribution in [0.1, 0.15) is 12.8 Å². The third-order valence-electron chi connectivity index (χ3n) is 1.82. The third-order valence-corrected chi connectivity index (χ3v) is 2.58. The van der Waals surface area contributed by atoms with Gasteiger partial charge in [0.25, 0.3) is 0 Å². The average Bonchev–Trinajstić information content (AvgIpc) is 2.04. The largest absolute Gasteiger partial charge is 0.478 e. The number of hydrogen-bond acceptors (Lipinski definition) is 2. The molecule has 1 aliphatic rings. The van der Waals surface area contributed by atoms with Crippen LogP contribution in [-0.4, -0.2) is 21.3 Å². The highest BCUT2D eigenvalue weighted by Crippen LogP contribution is 2.19. The van der Waals surface area contributed by atoms with Crippen LogP contribution < -0.4 is 0 Å². The van der Waals surface area contributed by atoms with Crippen molar-refractivity contribution in [3.63, 3.8) is 0 Å². The highest BCUT2D eigenvalue weighted by Gasteiger charge is 2.16. The first kappa shape index (κ1) is 10.6. The molecular weight excluding hydrogens is 252 g/mol. The number of rotatable bonds is 3. The summed E-state index contributed by atoms with van der Waals surface area (Å²) in [5.41, 5.74) is 1.44. The lowest BCUT2D eigenvalue weighted by Gasteiger charge is -2.11. The van der Waals surface area contributed by atoms with E-state index < -0.39 is 5.97 Å². The molecule has 0 fully saturated rings.